The number of carbonyl (C=O) groups is 1. The van der Waals surface area contributed by atoms with Gasteiger partial charge in [0.2, 0.25) is 0 Å². The quantitative estimate of drug-likeness (QED) is 0.872. The zero-order chi connectivity index (χ0) is 13.0. The second-order valence-electron chi connectivity index (χ2n) is 4.40. The van der Waals surface area contributed by atoms with Crippen molar-refractivity contribution in [2.24, 2.45) is 0 Å². The van der Waals surface area contributed by atoms with Crippen molar-refractivity contribution in [2.45, 2.75) is 20.3 Å². The van der Waals surface area contributed by atoms with Gasteiger partial charge in [0.05, 0.1) is 11.4 Å². The first-order valence-corrected chi connectivity index (χ1v) is 6.67. The second-order valence-corrected chi connectivity index (χ2v) is 4.40. The zero-order valence-corrected chi connectivity index (χ0v) is 11.1. The van der Waals surface area contributed by atoms with Crippen molar-refractivity contribution < 1.29 is 4.79 Å². The Morgan fingerprint density at radius 2 is 2.06 bits per heavy atom. The molecule has 2 rings (SSSR count). The molecular formula is C14H21N3O. The topological polar surface area (TPSA) is 35.6 Å². The first-order chi connectivity index (χ1) is 8.77. The molecule has 0 aromatic heterocycles. The zero-order valence-electron chi connectivity index (χ0n) is 11.1. The number of amides is 2. The van der Waals surface area contributed by atoms with Crippen LogP contribution in [-0.4, -0.2) is 37.1 Å². The van der Waals surface area contributed by atoms with Crippen LogP contribution in [0.5, 0.6) is 0 Å². The fraction of sp³-hybridized carbons (Fsp3) is 0.500. The lowest BCUT2D eigenvalue weighted by molar-refractivity contribution is 0.210. The van der Waals surface area contributed by atoms with E-state index in [1.807, 2.05) is 47.9 Å². The van der Waals surface area contributed by atoms with E-state index in [4.69, 9.17) is 0 Å². The van der Waals surface area contributed by atoms with E-state index in [9.17, 15) is 4.79 Å². The molecule has 1 aromatic rings. The molecule has 2 amide bonds. The maximum absolute atomic E-state index is 12.5. The van der Waals surface area contributed by atoms with Gasteiger partial charge < -0.3 is 10.2 Å². The highest BCUT2D eigenvalue weighted by atomic mass is 16.2. The number of nitrogens with zero attached hydrogens (tertiary/aromatic N) is 2. The molecule has 0 unspecified atom stereocenters. The van der Waals surface area contributed by atoms with Gasteiger partial charge >= 0.3 is 6.03 Å². The number of fused-ring (bicyclic) bond motifs is 1. The number of carbonyl (C=O) groups excluding carboxylic acids is 1. The van der Waals surface area contributed by atoms with Crippen molar-refractivity contribution >= 4 is 17.4 Å². The predicted octanol–water partition coefficient (Wildman–Crippen LogP) is 2.77. The van der Waals surface area contributed by atoms with Crippen molar-refractivity contribution in [2.75, 3.05) is 36.4 Å². The van der Waals surface area contributed by atoms with Crippen molar-refractivity contribution in [3.8, 4) is 0 Å². The molecule has 0 radical (unpaired) electrons. The lowest BCUT2D eigenvalue weighted by atomic mass is 10.2. The monoisotopic (exact) mass is 247 g/mol. The average Bonchev–Trinajstić information content (AvgIpc) is 2.62. The van der Waals surface area contributed by atoms with E-state index < -0.39 is 0 Å². The van der Waals surface area contributed by atoms with E-state index in [0.29, 0.717) is 0 Å². The van der Waals surface area contributed by atoms with Gasteiger partial charge in [-0.15, -0.1) is 0 Å². The fourth-order valence-electron chi connectivity index (χ4n) is 2.30. The Balaban J connectivity index is 2.30. The van der Waals surface area contributed by atoms with Crippen LogP contribution in [0.3, 0.4) is 0 Å². The summed E-state index contributed by atoms with van der Waals surface area (Å²) in [5.74, 6) is 0. The summed E-state index contributed by atoms with van der Waals surface area (Å²) in [6, 6.07) is 8.13. The van der Waals surface area contributed by atoms with Crippen LogP contribution in [0.15, 0.2) is 24.3 Å². The van der Waals surface area contributed by atoms with Crippen LogP contribution < -0.4 is 10.2 Å². The van der Waals surface area contributed by atoms with Gasteiger partial charge in [-0.2, -0.15) is 0 Å². The molecule has 1 N–H and O–H groups in total. The molecule has 0 spiro atoms. The summed E-state index contributed by atoms with van der Waals surface area (Å²) in [5.41, 5.74) is 2.04. The van der Waals surface area contributed by atoms with Gasteiger partial charge in [-0.25, -0.2) is 4.79 Å². The van der Waals surface area contributed by atoms with Gasteiger partial charge in [0.25, 0.3) is 0 Å². The smallest absolute Gasteiger partial charge is 0.324 e. The molecular weight excluding hydrogens is 226 g/mol. The van der Waals surface area contributed by atoms with Gasteiger partial charge in [-0.05, 0) is 32.4 Å². The van der Waals surface area contributed by atoms with E-state index in [-0.39, 0.29) is 6.03 Å². The van der Waals surface area contributed by atoms with Gasteiger partial charge in [-0.3, -0.25) is 4.90 Å². The highest BCUT2D eigenvalue weighted by Gasteiger charge is 2.23. The number of para-hydroxylation sites is 2. The SMILES string of the molecule is CCN(CC)C(=O)N1CCCNc2ccccc21. The summed E-state index contributed by atoms with van der Waals surface area (Å²) in [4.78, 5) is 16.3. The predicted molar refractivity (Wildman–Crippen MR) is 75.2 cm³/mol. The number of rotatable bonds is 2. The van der Waals surface area contributed by atoms with E-state index >= 15 is 0 Å². The number of urea groups is 1. The Bertz CT molecular complexity index is 415. The Morgan fingerprint density at radius 3 is 2.78 bits per heavy atom. The van der Waals surface area contributed by atoms with Crippen molar-refractivity contribution in [3.05, 3.63) is 24.3 Å². The summed E-state index contributed by atoms with van der Waals surface area (Å²) >= 11 is 0. The van der Waals surface area contributed by atoms with Crippen LogP contribution in [0.1, 0.15) is 20.3 Å². The summed E-state index contributed by atoms with van der Waals surface area (Å²) in [6.07, 6.45) is 0.974. The minimum absolute atomic E-state index is 0.108. The van der Waals surface area contributed by atoms with E-state index in [0.717, 1.165) is 44.0 Å². The van der Waals surface area contributed by atoms with Crippen LogP contribution in [0.25, 0.3) is 0 Å². The molecule has 0 bridgehead atoms. The molecule has 18 heavy (non-hydrogen) atoms. The van der Waals surface area contributed by atoms with Crippen molar-refractivity contribution in [3.63, 3.8) is 0 Å². The first-order valence-electron chi connectivity index (χ1n) is 6.67. The van der Waals surface area contributed by atoms with Gasteiger partial charge in [-0.1, -0.05) is 12.1 Å². The van der Waals surface area contributed by atoms with E-state index in [1.165, 1.54) is 0 Å². The standard InChI is InChI=1S/C14H21N3O/c1-3-16(4-2)14(18)17-11-7-10-15-12-8-5-6-9-13(12)17/h5-6,8-9,15H,3-4,7,10-11H2,1-2H3. The van der Waals surface area contributed by atoms with Crippen LogP contribution in [0.2, 0.25) is 0 Å². The molecule has 0 saturated heterocycles. The number of anilines is 2. The first kappa shape index (κ1) is 12.7. The van der Waals surface area contributed by atoms with Crippen LogP contribution in [-0.2, 0) is 0 Å². The second kappa shape index (κ2) is 5.76. The highest BCUT2D eigenvalue weighted by Crippen LogP contribution is 2.28. The third kappa shape index (κ3) is 2.42. The normalized spacial score (nSPS) is 14.4. The number of nitrogens with one attached hydrogen (secondary N) is 1. The molecule has 0 fully saturated rings. The number of hydrogen-bond acceptors (Lipinski definition) is 2. The minimum Gasteiger partial charge on any atom is -0.383 e. The van der Waals surface area contributed by atoms with E-state index in [2.05, 4.69) is 5.32 Å². The maximum atomic E-state index is 12.5. The van der Waals surface area contributed by atoms with Crippen LogP contribution in [0, 0.1) is 0 Å². The summed E-state index contributed by atoms with van der Waals surface area (Å²) < 4.78 is 0. The lowest BCUT2D eigenvalue weighted by Crippen LogP contribution is -2.43. The Labute approximate surface area is 109 Å². The molecule has 98 valence electrons. The summed E-state index contributed by atoms with van der Waals surface area (Å²) in [6.45, 7) is 7.23. The molecule has 0 aliphatic carbocycles. The molecule has 1 aliphatic rings. The van der Waals surface area contributed by atoms with Gasteiger partial charge in [0.15, 0.2) is 0 Å². The fourth-order valence-corrected chi connectivity index (χ4v) is 2.30. The van der Waals surface area contributed by atoms with E-state index in [1.54, 1.807) is 0 Å². The summed E-state index contributed by atoms with van der Waals surface area (Å²) in [5, 5.41) is 3.37. The molecule has 1 aliphatic heterocycles. The number of hydrogen-bond donors (Lipinski definition) is 1. The van der Waals surface area contributed by atoms with Crippen LogP contribution in [0.4, 0.5) is 16.2 Å². The number of benzene rings is 1. The Kier molecular flexibility index (Phi) is 4.07. The summed E-state index contributed by atoms with van der Waals surface area (Å²) in [7, 11) is 0. The average molecular weight is 247 g/mol. The maximum Gasteiger partial charge on any atom is 0.324 e. The molecule has 4 heteroatoms. The third-order valence-corrected chi connectivity index (χ3v) is 3.33. The molecule has 1 aromatic carbocycles. The molecule has 0 saturated carbocycles. The van der Waals surface area contributed by atoms with Crippen molar-refractivity contribution in [1.82, 2.24) is 4.90 Å². The Hall–Kier alpha value is -1.71. The molecule has 1 heterocycles. The lowest BCUT2D eigenvalue weighted by Gasteiger charge is -2.29. The van der Waals surface area contributed by atoms with Gasteiger partial charge in [0.1, 0.15) is 0 Å². The molecule has 0 atom stereocenters. The Morgan fingerprint density at radius 1 is 1.33 bits per heavy atom. The largest absolute Gasteiger partial charge is 0.383 e. The van der Waals surface area contributed by atoms with Gasteiger partial charge in [0, 0.05) is 26.2 Å². The van der Waals surface area contributed by atoms with Crippen LogP contribution >= 0.6 is 0 Å². The highest BCUT2D eigenvalue weighted by molar-refractivity contribution is 5.95. The minimum atomic E-state index is 0.108. The van der Waals surface area contributed by atoms with Crippen molar-refractivity contribution in [1.29, 1.82) is 0 Å². The molecule has 4 nitrogen and oxygen atoms in total. The third-order valence-electron chi connectivity index (χ3n) is 3.33.